The first kappa shape index (κ1) is 22.9. The molecule has 1 fully saturated rings. The summed E-state index contributed by atoms with van der Waals surface area (Å²) in [6.07, 6.45) is 6.71. The number of benzene rings is 2. The Balaban J connectivity index is 1.51. The molecular weight excluding hydrogens is 416 g/mol. The summed E-state index contributed by atoms with van der Waals surface area (Å²) in [5, 5.41) is 12.7. The van der Waals surface area contributed by atoms with Crippen LogP contribution in [0.15, 0.2) is 48.5 Å². The van der Waals surface area contributed by atoms with Crippen molar-refractivity contribution in [2.24, 2.45) is 5.41 Å². The number of carboxylic acids is 1. The van der Waals surface area contributed by atoms with Crippen molar-refractivity contribution in [1.82, 2.24) is 5.32 Å². The van der Waals surface area contributed by atoms with Crippen molar-refractivity contribution in [1.29, 1.82) is 0 Å². The smallest absolute Gasteiger partial charge is 0.407 e. The van der Waals surface area contributed by atoms with E-state index in [-0.39, 0.29) is 18.9 Å². The standard InChI is InChI=1S/C27H30N2O4/c1-4-14-27(15-9-16-29(2,3)18-27)24(25(30)31)28-26(32)33-17-23-21-12-7-5-10-19(21)20-11-6-8-13-22(20)23/h1,5-8,10-13,23-24H,9,14-18H2,2-3H3,(H-,28,30,31,32)/p+1/t24-,27+/m0/s1. The summed E-state index contributed by atoms with van der Waals surface area (Å²) in [6, 6.07) is 15.1. The number of piperidine rings is 1. The van der Waals surface area contributed by atoms with Crippen LogP contribution in [0.25, 0.3) is 11.1 Å². The predicted octanol–water partition coefficient (Wildman–Crippen LogP) is 3.86. The van der Waals surface area contributed by atoms with E-state index in [0.717, 1.165) is 35.2 Å². The lowest BCUT2D eigenvalue weighted by molar-refractivity contribution is -0.902. The van der Waals surface area contributed by atoms with E-state index in [1.807, 2.05) is 36.4 Å². The Hall–Kier alpha value is -3.30. The van der Waals surface area contributed by atoms with Crippen LogP contribution in [0.4, 0.5) is 4.79 Å². The average Bonchev–Trinajstić information content (AvgIpc) is 3.09. The summed E-state index contributed by atoms with van der Waals surface area (Å²) in [5.41, 5.74) is 3.78. The van der Waals surface area contributed by atoms with Crippen LogP contribution >= 0.6 is 0 Å². The van der Waals surface area contributed by atoms with Crippen LogP contribution in [0, 0.1) is 17.8 Å². The van der Waals surface area contributed by atoms with Crippen LogP contribution < -0.4 is 5.32 Å². The number of carboxylic acid groups (broad SMARTS) is 1. The largest absolute Gasteiger partial charge is 0.480 e. The molecular formula is C27H31N2O4+. The van der Waals surface area contributed by atoms with Gasteiger partial charge in [0.2, 0.25) is 0 Å². The number of nitrogens with one attached hydrogen (secondary N) is 1. The molecule has 0 bridgehead atoms. The van der Waals surface area contributed by atoms with Crippen molar-refractivity contribution in [3.8, 4) is 23.5 Å². The monoisotopic (exact) mass is 447 g/mol. The maximum absolute atomic E-state index is 12.8. The molecule has 4 rings (SSSR count). The zero-order valence-corrected chi connectivity index (χ0v) is 19.2. The highest BCUT2D eigenvalue weighted by Gasteiger charge is 2.50. The molecule has 0 radical (unpaired) electrons. The number of hydrogen-bond acceptors (Lipinski definition) is 3. The van der Waals surface area contributed by atoms with Gasteiger partial charge in [0.1, 0.15) is 12.6 Å². The highest BCUT2D eigenvalue weighted by atomic mass is 16.5. The van der Waals surface area contributed by atoms with Gasteiger partial charge in [0.15, 0.2) is 0 Å². The van der Waals surface area contributed by atoms with Gasteiger partial charge >= 0.3 is 12.1 Å². The number of amides is 1. The molecule has 0 unspecified atom stereocenters. The van der Waals surface area contributed by atoms with Crippen LogP contribution in [-0.4, -0.2) is 61.5 Å². The van der Waals surface area contributed by atoms with E-state index in [2.05, 4.69) is 37.5 Å². The molecule has 2 N–H and O–H groups in total. The second kappa shape index (κ2) is 8.92. The van der Waals surface area contributed by atoms with E-state index in [1.54, 1.807) is 0 Å². The lowest BCUT2D eigenvalue weighted by Gasteiger charge is -2.47. The Morgan fingerprint density at radius 2 is 1.79 bits per heavy atom. The average molecular weight is 448 g/mol. The summed E-state index contributed by atoms with van der Waals surface area (Å²) in [6.45, 7) is 1.66. The first-order valence-corrected chi connectivity index (χ1v) is 11.4. The summed E-state index contributed by atoms with van der Waals surface area (Å²) >= 11 is 0. The first-order chi connectivity index (χ1) is 15.8. The van der Waals surface area contributed by atoms with Crippen LogP contribution in [-0.2, 0) is 9.53 Å². The second-order valence-corrected chi connectivity index (χ2v) is 9.91. The van der Waals surface area contributed by atoms with Gasteiger partial charge in [-0.05, 0) is 35.1 Å². The minimum Gasteiger partial charge on any atom is -0.480 e. The number of carbonyl (C=O) groups is 2. The van der Waals surface area contributed by atoms with Crippen LogP contribution in [0.1, 0.15) is 36.3 Å². The van der Waals surface area contributed by atoms with Crippen molar-refractivity contribution < 1.29 is 23.9 Å². The fourth-order valence-electron chi connectivity index (χ4n) is 5.79. The highest BCUT2D eigenvalue weighted by Crippen LogP contribution is 2.44. The SMILES string of the molecule is C#CC[C@@]1([C@@H](NC(=O)OCC2c3ccccc3-c3ccccc32)C(=O)O)CCC[N+](C)(C)C1. The highest BCUT2D eigenvalue weighted by molar-refractivity contribution is 5.82. The molecule has 2 atom stereocenters. The number of ether oxygens (including phenoxy) is 1. The summed E-state index contributed by atoms with van der Waals surface area (Å²) < 4.78 is 6.28. The molecule has 2 aromatic rings. The summed E-state index contributed by atoms with van der Waals surface area (Å²) in [5.74, 6) is 1.49. The Labute approximate surface area is 195 Å². The maximum Gasteiger partial charge on any atom is 0.407 e. The number of quaternary nitrogens is 1. The van der Waals surface area contributed by atoms with Gasteiger partial charge in [-0.25, -0.2) is 9.59 Å². The van der Waals surface area contributed by atoms with Crippen molar-refractivity contribution in [2.45, 2.75) is 31.2 Å². The number of terminal acetylenes is 1. The molecule has 172 valence electrons. The van der Waals surface area contributed by atoms with Crippen molar-refractivity contribution >= 4 is 12.1 Å². The summed E-state index contributed by atoms with van der Waals surface area (Å²) in [7, 11) is 4.13. The van der Waals surface area contributed by atoms with Gasteiger partial charge in [-0.2, -0.15) is 0 Å². The van der Waals surface area contributed by atoms with E-state index >= 15 is 0 Å². The van der Waals surface area contributed by atoms with E-state index in [0.29, 0.717) is 17.4 Å². The molecule has 1 aliphatic carbocycles. The fraction of sp³-hybridized carbons (Fsp3) is 0.407. The van der Waals surface area contributed by atoms with Crippen LogP contribution in [0.3, 0.4) is 0 Å². The van der Waals surface area contributed by atoms with Gasteiger partial charge in [-0.15, -0.1) is 12.3 Å². The van der Waals surface area contributed by atoms with Crippen molar-refractivity contribution in [3.63, 3.8) is 0 Å². The second-order valence-electron chi connectivity index (χ2n) is 9.91. The minimum absolute atomic E-state index is 0.0867. The number of alkyl carbamates (subject to hydrolysis) is 1. The Morgan fingerprint density at radius 3 is 2.33 bits per heavy atom. The number of carbonyl (C=O) groups excluding carboxylic acids is 1. The van der Waals surface area contributed by atoms with Crippen molar-refractivity contribution in [3.05, 3.63) is 59.7 Å². The molecule has 33 heavy (non-hydrogen) atoms. The molecule has 0 spiro atoms. The molecule has 6 heteroatoms. The Kier molecular flexibility index (Phi) is 6.18. The number of hydrogen-bond donors (Lipinski definition) is 2. The molecule has 2 aliphatic rings. The number of fused-ring (bicyclic) bond motifs is 3. The molecule has 6 nitrogen and oxygen atoms in total. The van der Waals surface area contributed by atoms with E-state index < -0.39 is 23.5 Å². The predicted molar refractivity (Wildman–Crippen MR) is 127 cm³/mol. The molecule has 1 amide bonds. The third-order valence-corrected chi connectivity index (χ3v) is 7.10. The Bertz CT molecular complexity index is 1060. The topological polar surface area (TPSA) is 75.6 Å². The number of likely N-dealkylation sites (tertiary alicyclic amines) is 1. The van der Waals surface area contributed by atoms with E-state index in [9.17, 15) is 14.7 Å². The fourth-order valence-corrected chi connectivity index (χ4v) is 5.79. The molecule has 0 saturated carbocycles. The lowest BCUT2D eigenvalue weighted by Crippen LogP contribution is -2.62. The van der Waals surface area contributed by atoms with Gasteiger partial charge in [0.25, 0.3) is 0 Å². The van der Waals surface area contributed by atoms with Crippen molar-refractivity contribution in [2.75, 3.05) is 33.8 Å². The van der Waals surface area contributed by atoms with Crippen LogP contribution in [0.5, 0.6) is 0 Å². The lowest BCUT2D eigenvalue weighted by atomic mass is 9.70. The maximum atomic E-state index is 12.8. The summed E-state index contributed by atoms with van der Waals surface area (Å²) in [4.78, 5) is 25.1. The van der Waals surface area contributed by atoms with Gasteiger partial charge in [0, 0.05) is 12.3 Å². The third-order valence-electron chi connectivity index (χ3n) is 7.10. The zero-order valence-electron chi connectivity index (χ0n) is 19.2. The number of rotatable bonds is 6. The number of aliphatic carboxylic acids is 1. The van der Waals surface area contributed by atoms with Gasteiger partial charge in [0.05, 0.1) is 32.6 Å². The van der Waals surface area contributed by atoms with Crippen LogP contribution in [0.2, 0.25) is 0 Å². The first-order valence-electron chi connectivity index (χ1n) is 11.4. The van der Waals surface area contributed by atoms with Gasteiger partial charge in [-0.1, -0.05) is 48.5 Å². The molecule has 0 aromatic heterocycles. The molecule has 2 aromatic carbocycles. The quantitative estimate of drug-likeness (QED) is 0.521. The molecule has 1 aliphatic heterocycles. The third kappa shape index (κ3) is 4.46. The van der Waals surface area contributed by atoms with E-state index in [1.165, 1.54) is 0 Å². The molecule has 1 heterocycles. The number of nitrogens with zero attached hydrogens (tertiary/aromatic N) is 1. The molecule has 1 saturated heterocycles. The zero-order chi connectivity index (χ0) is 23.6. The van der Waals surface area contributed by atoms with Gasteiger partial charge < -0.3 is 19.6 Å². The minimum atomic E-state index is -1.11. The normalized spacial score (nSPS) is 21.8. The van der Waals surface area contributed by atoms with E-state index in [4.69, 9.17) is 11.2 Å². The Morgan fingerprint density at radius 1 is 1.18 bits per heavy atom. The van der Waals surface area contributed by atoms with Gasteiger partial charge in [-0.3, -0.25) is 0 Å².